The Hall–Kier alpha value is 0.847. The van der Waals surface area contributed by atoms with Gasteiger partial charge in [0.1, 0.15) is 0 Å². The molecule has 0 aromatic rings. The SMILES string of the molecule is N=N[CH2][Zn].[Zn]. The summed E-state index contributed by atoms with van der Waals surface area (Å²) in [5.41, 5.74) is 6.11. The van der Waals surface area contributed by atoms with Crippen molar-refractivity contribution in [2.45, 2.75) is 0 Å². The van der Waals surface area contributed by atoms with Gasteiger partial charge in [0, 0.05) is 19.5 Å². The zero-order chi connectivity index (χ0) is 3.41. The average molecular weight is 174 g/mol. The summed E-state index contributed by atoms with van der Waals surface area (Å²) in [5.74, 6) is 0. The molecule has 0 atom stereocenters. The average Bonchev–Trinajstić information content (AvgIpc) is 1.37. The molecular formula is CH3N2Zn2. The first-order valence-electron chi connectivity index (χ1n) is 1.04. The largest absolute Gasteiger partial charge is 0 e. The van der Waals surface area contributed by atoms with Crippen LogP contribution in [-0.4, -0.2) is 5.14 Å². The van der Waals surface area contributed by atoms with E-state index >= 15 is 0 Å². The van der Waals surface area contributed by atoms with Crippen LogP contribution in [0.1, 0.15) is 0 Å². The maximum atomic E-state index is 6.11. The van der Waals surface area contributed by atoms with Gasteiger partial charge in [-0.05, 0) is 0 Å². The van der Waals surface area contributed by atoms with Crippen molar-refractivity contribution in [2.75, 3.05) is 5.14 Å². The molecule has 0 rings (SSSR count). The molecule has 0 saturated heterocycles. The van der Waals surface area contributed by atoms with E-state index in [1.54, 1.807) is 0 Å². The van der Waals surface area contributed by atoms with Gasteiger partial charge >= 0.3 is 34.1 Å². The predicted octanol–water partition coefficient (Wildman–Crippen LogP) is 0.519. The predicted molar refractivity (Wildman–Crippen MR) is 10.0 cm³/mol. The number of nitrogens with zero attached hydrogens (tertiary/aromatic N) is 1. The molecule has 1 N–H and O–H groups in total. The van der Waals surface area contributed by atoms with E-state index in [1.165, 1.54) is 0 Å². The summed E-state index contributed by atoms with van der Waals surface area (Å²) in [6.45, 7) is 0. The fraction of sp³-hybridized carbons (Fsp3) is 1.00. The van der Waals surface area contributed by atoms with Crippen LogP contribution in [0.3, 0.4) is 0 Å². The van der Waals surface area contributed by atoms with Crippen molar-refractivity contribution in [3.05, 3.63) is 0 Å². The van der Waals surface area contributed by atoms with Crippen LogP contribution in [0.5, 0.6) is 0 Å². The maximum Gasteiger partial charge on any atom is 0 e. The van der Waals surface area contributed by atoms with Gasteiger partial charge in [-0.2, -0.15) is 0 Å². The van der Waals surface area contributed by atoms with E-state index in [0.29, 0.717) is 0 Å². The van der Waals surface area contributed by atoms with Crippen LogP contribution in [0, 0.1) is 5.53 Å². The fourth-order valence-electron chi connectivity index (χ4n) is 0. The maximum absolute atomic E-state index is 6.11. The Morgan fingerprint density at radius 1 is 1.80 bits per heavy atom. The minimum absolute atomic E-state index is 0. The summed E-state index contributed by atoms with van der Waals surface area (Å²) in [6.07, 6.45) is 0. The van der Waals surface area contributed by atoms with Gasteiger partial charge in [-0.15, -0.1) is 0 Å². The van der Waals surface area contributed by atoms with Crippen molar-refractivity contribution < 1.29 is 37.8 Å². The van der Waals surface area contributed by atoms with Gasteiger partial charge in [0.2, 0.25) is 0 Å². The van der Waals surface area contributed by atoms with Gasteiger partial charge in [0.15, 0.2) is 0 Å². The van der Waals surface area contributed by atoms with Crippen LogP contribution in [0.2, 0.25) is 0 Å². The van der Waals surface area contributed by atoms with E-state index in [1.807, 2.05) is 0 Å². The standard InChI is InChI=1S/CH3N2.2Zn/c1-3-2;;/h2H,1H2;;. The molecule has 5 heavy (non-hydrogen) atoms. The van der Waals surface area contributed by atoms with Crippen LogP contribution in [-0.2, 0) is 37.8 Å². The third kappa shape index (κ3) is 11.5. The molecule has 4 heteroatoms. The van der Waals surface area contributed by atoms with Gasteiger partial charge in [0.05, 0.1) is 0 Å². The smallest absolute Gasteiger partial charge is 0 e. The molecule has 0 aromatic carbocycles. The van der Waals surface area contributed by atoms with Crippen LogP contribution in [0.4, 0.5) is 0 Å². The molecule has 0 amide bonds. The normalized spacial score (nSPS) is 5.20. The molecule has 0 aliphatic rings. The first-order chi connectivity index (χ1) is 1.91. The number of hydrogen-bond donors (Lipinski definition) is 1. The third-order valence-corrected chi connectivity index (χ3v) is 0.581. The molecule has 21 valence electrons. The van der Waals surface area contributed by atoms with Crippen LogP contribution < -0.4 is 0 Å². The number of rotatable bonds is 1. The summed E-state index contributed by atoms with van der Waals surface area (Å²) in [5, 5.41) is 3.78. The molecule has 0 saturated carbocycles. The van der Waals surface area contributed by atoms with E-state index in [9.17, 15) is 0 Å². The Bertz CT molecular complexity index is 21.6. The number of hydrogen-bond acceptors (Lipinski definition) is 2. The molecule has 0 heterocycles. The Morgan fingerprint density at radius 2 is 2.00 bits per heavy atom. The molecule has 0 aliphatic carbocycles. The first-order valence-corrected chi connectivity index (χ1v) is 3.14. The zero-order valence-corrected chi connectivity index (χ0v) is 9.00. The van der Waals surface area contributed by atoms with E-state index in [4.69, 9.17) is 5.53 Å². The molecular weight excluding hydrogens is 171 g/mol. The zero-order valence-electron chi connectivity index (χ0n) is 3.07. The summed E-state index contributed by atoms with van der Waals surface area (Å²) in [7, 11) is 0. The Morgan fingerprint density at radius 3 is 2.00 bits per heavy atom. The Labute approximate surface area is 53.7 Å². The van der Waals surface area contributed by atoms with Crippen LogP contribution in [0.15, 0.2) is 5.11 Å². The van der Waals surface area contributed by atoms with Crippen molar-refractivity contribution >= 4 is 0 Å². The van der Waals surface area contributed by atoms with E-state index in [2.05, 4.69) is 5.11 Å². The number of nitrogens with one attached hydrogen (secondary N) is 1. The van der Waals surface area contributed by atoms with Gasteiger partial charge in [-0.25, -0.2) is 0 Å². The van der Waals surface area contributed by atoms with Gasteiger partial charge < -0.3 is 0 Å². The Kier molecular flexibility index (Phi) is 16.4. The van der Waals surface area contributed by atoms with Crippen molar-refractivity contribution in [2.24, 2.45) is 5.11 Å². The summed E-state index contributed by atoms with van der Waals surface area (Å²) in [6, 6.07) is 0. The second kappa shape index (κ2) is 8.85. The molecule has 0 radical (unpaired) electrons. The molecule has 0 fully saturated rings. The minimum atomic E-state index is 0. The quantitative estimate of drug-likeness (QED) is 0.444. The van der Waals surface area contributed by atoms with Crippen LogP contribution >= 0.6 is 0 Å². The van der Waals surface area contributed by atoms with Gasteiger partial charge in [-0.3, -0.25) is 0 Å². The molecule has 2 nitrogen and oxygen atoms in total. The summed E-state index contributed by atoms with van der Waals surface area (Å²) >= 11 is 1.11. The van der Waals surface area contributed by atoms with Crippen LogP contribution in [0.25, 0.3) is 0 Å². The van der Waals surface area contributed by atoms with Crippen molar-refractivity contribution in [1.29, 1.82) is 5.53 Å². The van der Waals surface area contributed by atoms with Gasteiger partial charge in [-0.1, -0.05) is 0 Å². The summed E-state index contributed by atoms with van der Waals surface area (Å²) in [4.78, 5) is 0. The second-order valence-corrected chi connectivity index (χ2v) is 1.32. The van der Waals surface area contributed by atoms with Crippen molar-refractivity contribution in [3.63, 3.8) is 0 Å². The third-order valence-electron chi connectivity index (χ3n) is 0.112. The van der Waals surface area contributed by atoms with E-state index in [0.717, 1.165) is 23.4 Å². The van der Waals surface area contributed by atoms with Crippen molar-refractivity contribution in [3.8, 4) is 0 Å². The monoisotopic (exact) mass is 171 g/mol. The molecule has 0 unspecified atom stereocenters. The topological polar surface area (TPSA) is 36.2 Å². The molecule has 0 aliphatic heterocycles. The first kappa shape index (κ1) is 9.28. The summed E-state index contributed by atoms with van der Waals surface area (Å²) < 4.78 is 0. The van der Waals surface area contributed by atoms with Gasteiger partial charge in [0.25, 0.3) is 0 Å². The second-order valence-electron chi connectivity index (χ2n) is 0.382. The molecule has 0 spiro atoms. The minimum Gasteiger partial charge on any atom is 0 e. The fourth-order valence-corrected chi connectivity index (χ4v) is 0. The molecule has 0 aromatic heterocycles. The van der Waals surface area contributed by atoms with Crippen molar-refractivity contribution in [1.82, 2.24) is 0 Å². The van der Waals surface area contributed by atoms with E-state index < -0.39 is 0 Å². The Balaban J connectivity index is 0. The molecule has 0 bridgehead atoms. The van der Waals surface area contributed by atoms with E-state index in [-0.39, 0.29) is 19.5 Å².